The van der Waals surface area contributed by atoms with E-state index in [1.807, 2.05) is 0 Å². The van der Waals surface area contributed by atoms with Gasteiger partial charge in [0, 0.05) is 22.6 Å². The van der Waals surface area contributed by atoms with Gasteiger partial charge in [0.05, 0.1) is 16.3 Å². The van der Waals surface area contributed by atoms with Gasteiger partial charge in [-0.05, 0) is 30.3 Å². The molecule has 0 radical (unpaired) electrons. The zero-order valence-electron chi connectivity index (χ0n) is 13.0. The maximum atomic E-state index is 13.2. The summed E-state index contributed by atoms with van der Waals surface area (Å²) >= 11 is 1.46. The number of carbonyl (C=O) groups is 1. The molecule has 0 saturated heterocycles. The van der Waals surface area contributed by atoms with E-state index in [4.69, 9.17) is 0 Å². The van der Waals surface area contributed by atoms with Crippen molar-refractivity contribution in [3.8, 4) is 0 Å². The second-order valence-electron chi connectivity index (χ2n) is 5.59. The zero-order valence-corrected chi connectivity index (χ0v) is 14.7. The van der Waals surface area contributed by atoms with Gasteiger partial charge in [0.2, 0.25) is 5.91 Å². The van der Waals surface area contributed by atoms with Crippen molar-refractivity contribution in [3.63, 3.8) is 0 Å². The molecule has 0 fully saturated rings. The van der Waals surface area contributed by atoms with Gasteiger partial charge in [0.15, 0.2) is 11.6 Å². The SMILES string of the molecule is C[C@H]1CSc2ccc(S(=O)(=O)Nc3ccc(F)c(F)c3)cc2NC1=O. The summed E-state index contributed by atoms with van der Waals surface area (Å²) in [6.45, 7) is 1.79. The molecule has 132 valence electrons. The van der Waals surface area contributed by atoms with Crippen LogP contribution in [0.1, 0.15) is 6.92 Å². The Morgan fingerprint density at radius 2 is 1.92 bits per heavy atom. The van der Waals surface area contributed by atoms with Crippen molar-refractivity contribution >= 4 is 39.1 Å². The fourth-order valence-corrected chi connectivity index (χ4v) is 4.31. The summed E-state index contributed by atoms with van der Waals surface area (Å²) in [7, 11) is -4.02. The fraction of sp³-hybridized carbons (Fsp3) is 0.188. The first-order chi connectivity index (χ1) is 11.8. The van der Waals surface area contributed by atoms with Gasteiger partial charge in [-0.3, -0.25) is 9.52 Å². The number of anilines is 2. The van der Waals surface area contributed by atoms with Crippen LogP contribution in [0, 0.1) is 17.6 Å². The molecule has 1 aliphatic heterocycles. The van der Waals surface area contributed by atoms with Crippen LogP contribution in [-0.4, -0.2) is 20.1 Å². The molecule has 2 aromatic rings. The van der Waals surface area contributed by atoms with Gasteiger partial charge in [-0.15, -0.1) is 11.8 Å². The summed E-state index contributed by atoms with van der Waals surface area (Å²) in [5.74, 6) is -2.01. The highest BCUT2D eigenvalue weighted by Crippen LogP contribution is 2.34. The van der Waals surface area contributed by atoms with E-state index in [1.165, 1.54) is 23.9 Å². The average Bonchev–Trinajstić information content (AvgIpc) is 2.69. The molecule has 5 nitrogen and oxygen atoms in total. The molecule has 2 N–H and O–H groups in total. The Labute approximate surface area is 147 Å². The third-order valence-corrected chi connectivity index (χ3v) is 6.34. The van der Waals surface area contributed by atoms with Crippen molar-refractivity contribution in [1.82, 2.24) is 0 Å². The Balaban J connectivity index is 1.91. The summed E-state index contributed by atoms with van der Waals surface area (Å²) in [5.41, 5.74) is 0.313. The minimum absolute atomic E-state index is 0.0913. The lowest BCUT2D eigenvalue weighted by Gasteiger charge is -2.12. The standard InChI is InChI=1S/C16H14F2N2O3S2/c1-9-8-24-15-5-3-11(7-14(15)19-16(9)21)25(22,23)20-10-2-4-12(17)13(18)6-10/h2-7,9,20H,8H2,1H3,(H,19,21)/t9-/m0/s1. The molecule has 0 unspecified atom stereocenters. The number of nitrogens with one attached hydrogen (secondary N) is 2. The summed E-state index contributed by atoms with van der Waals surface area (Å²) in [6.07, 6.45) is 0. The first kappa shape index (κ1) is 17.7. The number of carbonyl (C=O) groups excluding carboxylic acids is 1. The molecule has 0 spiro atoms. The second-order valence-corrected chi connectivity index (χ2v) is 8.34. The Hall–Kier alpha value is -2.13. The van der Waals surface area contributed by atoms with E-state index in [1.54, 1.807) is 13.0 Å². The first-order valence-electron chi connectivity index (χ1n) is 7.32. The molecule has 1 heterocycles. The lowest BCUT2D eigenvalue weighted by molar-refractivity contribution is -0.118. The van der Waals surface area contributed by atoms with Gasteiger partial charge < -0.3 is 5.32 Å². The summed E-state index contributed by atoms with van der Waals surface area (Å²) in [4.78, 5) is 12.6. The molecule has 0 aliphatic carbocycles. The molecule has 1 atom stereocenters. The Bertz CT molecular complexity index is 948. The maximum Gasteiger partial charge on any atom is 0.261 e. The minimum Gasteiger partial charge on any atom is -0.325 e. The number of hydrogen-bond donors (Lipinski definition) is 2. The zero-order chi connectivity index (χ0) is 18.2. The quantitative estimate of drug-likeness (QED) is 0.850. The molecule has 2 aromatic carbocycles. The van der Waals surface area contributed by atoms with Crippen molar-refractivity contribution in [2.75, 3.05) is 15.8 Å². The van der Waals surface area contributed by atoms with Gasteiger partial charge >= 0.3 is 0 Å². The highest BCUT2D eigenvalue weighted by atomic mass is 32.2. The molecule has 1 amide bonds. The predicted molar refractivity (Wildman–Crippen MR) is 92.1 cm³/mol. The number of thioether (sulfide) groups is 1. The highest BCUT2D eigenvalue weighted by Gasteiger charge is 2.23. The first-order valence-corrected chi connectivity index (χ1v) is 9.79. The summed E-state index contributed by atoms with van der Waals surface area (Å²) in [6, 6.07) is 7.08. The van der Waals surface area contributed by atoms with Gasteiger partial charge in [0.1, 0.15) is 0 Å². The second kappa shape index (κ2) is 6.64. The van der Waals surface area contributed by atoms with E-state index >= 15 is 0 Å². The van der Waals surface area contributed by atoms with Crippen LogP contribution in [-0.2, 0) is 14.8 Å². The monoisotopic (exact) mass is 384 g/mol. The lowest BCUT2D eigenvalue weighted by Crippen LogP contribution is -2.20. The Morgan fingerprint density at radius 1 is 1.16 bits per heavy atom. The minimum atomic E-state index is -4.02. The Morgan fingerprint density at radius 3 is 2.64 bits per heavy atom. The number of fused-ring (bicyclic) bond motifs is 1. The maximum absolute atomic E-state index is 13.2. The molecular weight excluding hydrogens is 370 g/mol. The van der Waals surface area contributed by atoms with Crippen molar-refractivity contribution in [2.45, 2.75) is 16.7 Å². The summed E-state index contributed by atoms with van der Waals surface area (Å²) in [5, 5.41) is 2.70. The normalized spacial score (nSPS) is 17.4. The average molecular weight is 384 g/mol. The topological polar surface area (TPSA) is 75.3 Å². The van der Waals surface area contributed by atoms with Crippen LogP contribution in [0.5, 0.6) is 0 Å². The molecule has 25 heavy (non-hydrogen) atoms. The number of amides is 1. The van der Waals surface area contributed by atoms with E-state index in [0.717, 1.165) is 23.1 Å². The number of benzene rings is 2. The third kappa shape index (κ3) is 3.77. The van der Waals surface area contributed by atoms with Gasteiger partial charge in [-0.1, -0.05) is 6.92 Å². The molecule has 1 aliphatic rings. The van der Waals surface area contributed by atoms with Gasteiger partial charge in [0.25, 0.3) is 10.0 Å². The number of rotatable bonds is 3. The molecule has 0 aromatic heterocycles. The van der Waals surface area contributed by atoms with Crippen LogP contribution in [0.4, 0.5) is 20.2 Å². The van der Waals surface area contributed by atoms with Crippen LogP contribution in [0.25, 0.3) is 0 Å². The van der Waals surface area contributed by atoms with Gasteiger partial charge in [-0.2, -0.15) is 0 Å². The van der Waals surface area contributed by atoms with Crippen LogP contribution in [0.15, 0.2) is 46.2 Å². The van der Waals surface area contributed by atoms with Crippen LogP contribution >= 0.6 is 11.8 Å². The van der Waals surface area contributed by atoms with Crippen LogP contribution in [0.2, 0.25) is 0 Å². The predicted octanol–water partition coefficient (Wildman–Crippen LogP) is 3.45. The molecule has 3 rings (SSSR count). The van der Waals surface area contributed by atoms with E-state index in [2.05, 4.69) is 10.0 Å². The smallest absolute Gasteiger partial charge is 0.261 e. The van der Waals surface area contributed by atoms with Crippen molar-refractivity contribution < 1.29 is 22.0 Å². The number of hydrogen-bond acceptors (Lipinski definition) is 4. The lowest BCUT2D eigenvalue weighted by atomic mass is 10.2. The number of sulfonamides is 1. The molecule has 0 bridgehead atoms. The van der Waals surface area contributed by atoms with Gasteiger partial charge in [-0.25, -0.2) is 17.2 Å². The van der Waals surface area contributed by atoms with E-state index in [0.29, 0.717) is 11.4 Å². The van der Waals surface area contributed by atoms with E-state index in [9.17, 15) is 22.0 Å². The van der Waals surface area contributed by atoms with Crippen molar-refractivity contribution in [2.24, 2.45) is 5.92 Å². The third-order valence-electron chi connectivity index (χ3n) is 3.63. The van der Waals surface area contributed by atoms with Crippen molar-refractivity contribution in [1.29, 1.82) is 0 Å². The largest absolute Gasteiger partial charge is 0.325 e. The molecule has 9 heteroatoms. The summed E-state index contributed by atoms with van der Waals surface area (Å²) < 4.78 is 53.3. The van der Waals surface area contributed by atoms with E-state index < -0.39 is 21.7 Å². The molecular formula is C16H14F2N2O3S2. The number of halogens is 2. The van der Waals surface area contributed by atoms with Crippen LogP contribution < -0.4 is 10.0 Å². The fourth-order valence-electron chi connectivity index (χ4n) is 2.22. The van der Waals surface area contributed by atoms with Crippen molar-refractivity contribution in [3.05, 3.63) is 48.0 Å². The highest BCUT2D eigenvalue weighted by molar-refractivity contribution is 7.99. The Kier molecular flexibility index (Phi) is 4.70. The molecule has 0 saturated carbocycles. The van der Waals surface area contributed by atoms with Crippen LogP contribution in [0.3, 0.4) is 0 Å². The van der Waals surface area contributed by atoms with E-state index in [-0.39, 0.29) is 22.4 Å².